The molecule has 0 aliphatic carbocycles. The summed E-state index contributed by atoms with van der Waals surface area (Å²) >= 11 is 0. The first kappa shape index (κ1) is 23.8. The second kappa shape index (κ2) is 11.7. The number of nitrogens with one attached hydrogen (secondary N) is 1. The average molecular weight is 414 g/mol. The molecule has 1 heterocycles. The third-order valence-corrected chi connectivity index (χ3v) is 5.16. The summed E-state index contributed by atoms with van der Waals surface area (Å²) < 4.78 is 0. The number of carbonyl (C=O) groups excluding carboxylic acids is 2. The summed E-state index contributed by atoms with van der Waals surface area (Å²) in [6.07, 6.45) is 0.304. The molecule has 0 bridgehead atoms. The third kappa shape index (κ3) is 7.77. The number of rotatable bonds is 9. The number of benzene rings is 1. The first-order valence-electron chi connectivity index (χ1n) is 10.8. The van der Waals surface area contributed by atoms with E-state index in [0.717, 1.165) is 43.0 Å². The molecule has 1 aliphatic heterocycles. The quantitative estimate of drug-likeness (QED) is 0.669. The van der Waals surface area contributed by atoms with Gasteiger partial charge in [0, 0.05) is 45.0 Å². The van der Waals surface area contributed by atoms with Crippen molar-refractivity contribution in [1.29, 1.82) is 5.26 Å². The smallest absolute Gasteiger partial charge is 0.241 e. The average Bonchev–Trinajstić information content (AvgIpc) is 2.67. The van der Waals surface area contributed by atoms with Gasteiger partial charge in [-0.05, 0) is 43.0 Å². The number of aryl methyl sites for hydroxylation is 2. The summed E-state index contributed by atoms with van der Waals surface area (Å²) in [7, 11) is 0. The minimum absolute atomic E-state index is 0.0124. The van der Waals surface area contributed by atoms with Crippen molar-refractivity contribution in [2.75, 3.05) is 57.3 Å². The lowest BCUT2D eigenvalue weighted by Crippen LogP contribution is -2.52. The maximum atomic E-state index is 13.0. The summed E-state index contributed by atoms with van der Waals surface area (Å²) in [5.74, 6) is 0.516. The summed E-state index contributed by atoms with van der Waals surface area (Å²) in [4.78, 5) is 31.1. The molecule has 7 nitrogen and oxygen atoms in total. The molecule has 0 spiro atoms. The van der Waals surface area contributed by atoms with Crippen molar-refractivity contribution >= 4 is 17.5 Å². The third-order valence-electron chi connectivity index (χ3n) is 5.16. The number of anilines is 1. The van der Waals surface area contributed by atoms with Crippen LogP contribution in [-0.2, 0) is 9.59 Å². The van der Waals surface area contributed by atoms with E-state index in [2.05, 4.69) is 41.1 Å². The molecule has 0 atom stereocenters. The molecule has 1 aliphatic rings. The highest BCUT2D eigenvalue weighted by Crippen LogP contribution is 2.20. The Balaban J connectivity index is 1.89. The molecule has 164 valence electrons. The van der Waals surface area contributed by atoms with Crippen LogP contribution in [0.1, 0.15) is 31.4 Å². The zero-order valence-corrected chi connectivity index (χ0v) is 18.8. The van der Waals surface area contributed by atoms with Crippen molar-refractivity contribution in [3.05, 3.63) is 29.3 Å². The highest BCUT2D eigenvalue weighted by molar-refractivity contribution is 5.95. The van der Waals surface area contributed by atoms with E-state index in [-0.39, 0.29) is 11.8 Å². The topological polar surface area (TPSA) is 79.7 Å². The normalized spacial score (nSPS) is 15.1. The fourth-order valence-electron chi connectivity index (χ4n) is 3.63. The van der Waals surface area contributed by atoms with Gasteiger partial charge >= 0.3 is 0 Å². The van der Waals surface area contributed by atoms with Crippen LogP contribution in [0.2, 0.25) is 0 Å². The van der Waals surface area contributed by atoms with Gasteiger partial charge in [0.1, 0.15) is 0 Å². The van der Waals surface area contributed by atoms with Crippen molar-refractivity contribution in [3.63, 3.8) is 0 Å². The Morgan fingerprint density at radius 3 is 2.17 bits per heavy atom. The summed E-state index contributed by atoms with van der Waals surface area (Å²) in [5, 5.41) is 12.0. The molecule has 0 radical (unpaired) electrons. The van der Waals surface area contributed by atoms with Crippen molar-refractivity contribution in [1.82, 2.24) is 15.1 Å². The molecular formula is C23H35N5O2. The van der Waals surface area contributed by atoms with E-state index in [1.54, 1.807) is 4.90 Å². The second-order valence-electron chi connectivity index (χ2n) is 8.55. The largest absolute Gasteiger partial charge is 0.355 e. The molecule has 7 heteroatoms. The monoisotopic (exact) mass is 413 g/mol. The number of carbonyl (C=O) groups is 2. The number of amides is 2. The number of nitrogens with zero attached hydrogens (tertiary/aromatic N) is 4. The van der Waals surface area contributed by atoms with Gasteiger partial charge in [-0.25, -0.2) is 0 Å². The van der Waals surface area contributed by atoms with Crippen molar-refractivity contribution in [2.45, 2.75) is 34.1 Å². The maximum Gasteiger partial charge on any atom is 0.241 e. The van der Waals surface area contributed by atoms with E-state index >= 15 is 0 Å². The van der Waals surface area contributed by atoms with Gasteiger partial charge in [0.2, 0.25) is 11.8 Å². The molecule has 1 saturated heterocycles. The predicted octanol–water partition coefficient (Wildman–Crippen LogP) is 1.94. The fraction of sp³-hybridized carbons (Fsp3) is 0.609. The van der Waals surface area contributed by atoms with Gasteiger partial charge in [0.25, 0.3) is 0 Å². The highest BCUT2D eigenvalue weighted by Gasteiger charge is 2.23. The molecule has 2 amide bonds. The van der Waals surface area contributed by atoms with Crippen LogP contribution >= 0.6 is 0 Å². The molecule has 30 heavy (non-hydrogen) atoms. The summed E-state index contributed by atoms with van der Waals surface area (Å²) in [6.45, 7) is 13.1. The van der Waals surface area contributed by atoms with E-state index < -0.39 is 0 Å². The SMILES string of the molecule is Cc1cc(C)cc(N(CCC#N)C(=O)CN2CCN(CC(=O)NCC(C)C)CC2)c1. The number of hydrogen-bond acceptors (Lipinski definition) is 5. The van der Waals surface area contributed by atoms with Crippen LogP contribution in [0, 0.1) is 31.1 Å². The maximum absolute atomic E-state index is 13.0. The highest BCUT2D eigenvalue weighted by atomic mass is 16.2. The van der Waals surface area contributed by atoms with Crippen molar-refractivity contribution < 1.29 is 9.59 Å². The van der Waals surface area contributed by atoms with Crippen LogP contribution in [-0.4, -0.2) is 74.0 Å². The van der Waals surface area contributed by atoms with Gasteiger partial charge in [-0.15, -0.1) is 0 Å². The standard InChI is InChI=1S/C23H35N5O2/c1-18(2)15-25-22(29)16-26-8-10-27(11-9-26)17-23(30)28(7-5-6-24)21-13-19(3)12-20(4)14-21/h12-14,18H,5,7-11,15-17H2,1-4H3,(H,25,29). The number of piperazine rings is 1. The van der Waals surface area contributed by atoms with Gasteiger partial charge in [-0.2, -0.15) is 5.26 Å². The van der Waals surface area contributed by atoms with Crippen LogP contribution in [0.4, 0.5) is 5.69 Å². The van der Waals surface area contributed by atoms with E-state index in [9.17, 15) is 9.59 Å². The van der Waals surface area contributed by atoms with Crippen molar-refractivity contribution in [3.8, 4) is 6.07 Å². The van der Waals surface area contributed by atoms with Crippen molar-refractivity contribution in [2.24, 2.45) is 5.92 Å². The van der Waals surface area contributed by atoms with Gasteiger partial charge in [0.05, 0.1) is 25.6 Å². The molecular weight excluding hydrogens is 378 g/mol. The van der Waals surface area contributed by atoms with Gasteiger partial charge in [-0.3, -0.25) is 19.4 Å². The second-order valence-corrected chi connectivity index (χ2v) is 8.55. The van der Waals surface area contributed by atoms with E-state index in [0.29, 0.717) is 38.5 Å². The zero-order valence-electron chi connectivity index (χ0n) is 18.8. The Hall–Kier alpha value is -2.43. The molecule has 0 saturated carbocycles. The minimum Gasteiger partial charge on any atom is -0.355 e. The van der Waals surface area contributed by atoms with Gasteiger partial charge in [0.15, 0.2) is 0 Å². The fourth-order valence-corrected chi connectivity index (χ4v) is 3.63. The molecule has 1 aromatic carbocycles. The molecule has 2 rings (SSSR count). The number of nitriles is 1. The Morgan fingerprint density at radius 1 is 1.07 bits per heavy atom. The first-order valence-corrected chi connectivity index (χ1v) is 10.8. The first-order chi connectivity index (χ1) is 14.3. The molecule has 0 unspecified atom stereocenters. The van der Waals surface area contributed by atoms with Gasteiger partial charge < -0.3 is 10.2 Å². The van der Waals surface area contributed by atoms with E-state index in [4.69, 9.17) is 5.26 Å². The van der Waals surface area contributed by atoms with E-state index in [1.165, 1.54) is 0 Å². The Labute approximate surface area is 180 Å². The summed E-state index contributed by atoms with van der Waals surface area (Å²) in [6, 6.07) is 8.21. The number of hydrogen-bond donors (Lipinski definition) is 1. The van der Waals surface area contributed by atoms with Crippen LogP contribution in [0.5, 0.6) is 0 Å². The minimum atomic E-state index is 0.0124. The van der Waals surface area contributed by atoms with Crippen LogP contribution < -0.4 is 10.2 Å². The Kier molecular flexibility index (Phi) is 9.28. The molecule has 1 fully saturated rings. The Morgan fingerprint density at radius 2 is 1.63 bits per heavy atom. The predicted molar refractivity (Wildman–Crippen MR) is 119 cm³/mol. The Bertz CT molecular complexity index is 743. The molecule has 0 aromatic heterocycles. The molecule has 1 N–H and O–H groups in total. The summed E-state index contributed by atoms with van der Waals surface area (Å²) in [5.41, 5.74) is 3.06. The van der Waals surface area contributed by atoms with Crippen LogP contribution in [0.15, 0.2) is 18.2 Å². The van der Waals surface area contributed by atoms with Crippen LogP contribution in [0.25, 0.3) is 0 Å². The lowest BCUT2D eigenvalue weighted by molar-refractivity contribution is -0.124. The zero-order chi connectivity index (χ0) is 22.1. The molecule has 1 aromatic rings. The lowest BCUT2D eigenvalue weighted by Gasteiger charge is -2.35. The lowest BCUT2D eigenvalue weighted by atomic mass is 10.1. The van der Waals surface area contributed by atoms with Crippen LogP contribution in [0.3, 0.4) is 0 Å². The van der Waals surface area contributed by atoms with Gasteiger partial charge in [-0.1, -0.05) is 19.9 Å². The van der Waals surface area contributed by atoms with E-state index in [1.807, 2.05) is 26.0 Å².